The van der Waals surface area contributed by atoms with E-state index in [9.17, 15) is 13.2 Å². The van der Waals surface area contributed by atoms with Crippen LogP contribution in [0.2, 0.25) is 0 Å². The molecule has 0 saturated heterocycles. The molecule has 0 unspecified atom stereocenters. The van der Waals surface area contributed by atoms with Crippen LogP contribution in [0.3, 0.4) is 0 Å². The normalized spacial score (nSPS) is 32.4. The van der Waals surface area contributed by atoms with Crippen LogP contribution in [0.4, 0.5) is 0 Å². The third-order valence-corrected chi connectivity index (χ3v) is 7.37. The fourth-order valence-corrected chi connectivity index (χ4v) is 6.09. The highest BCUT2D eigenvalue weighted by molar-refractivity contribution is 7.90. The molecular formula is C17H17N3O4S. The molecule has 3 fully saturated rings. The molecule has 1 aromatic carbocycles. The first-order valence-electron chi connectivity index (χ1n) is 8.48. The SMILES string of the molecule is O=C(NS(=O)(=O)c1cccc(-c2nnco2)c1)C1[C@@H]2[C@H]3CC[C@@H](C3)[C@@H]12. The van der Waals surface area contributed by atoms with Gasteiger partial charge in [-0.1, -0.05) is 6.07 Å². The third kappa shape index (κ3) is 2.31. The lowest BCUT2D eigenvalue weighted by atomic mass is 10.0. The molecule has 8 heteroatoms. The van der Waals surface area contributed by atoms with Crippen molar-refractivity contribution in [3.8, 4) is 11.5 Å². The smallest absolute Gasteiger partial charge is 0.264 e. The van der Waals surface area contributed by atoms with E-state index in [0.29, 0.717) is 29.2 Å². The predicted octanol–water partition coefficient (Wildman–Crippen LogP) is 1.83. The molecule has 1 heterocycles. The van der Waals surface area contributed by atoms with Crippen LogP contribution in [0, 0.1) is 29.6 Å². The molecule has 25 heavy (non-hydrogen) atoms. The predicted molar refractivity (Wildman–Crippen MR) is 86.4 cm³/mol. The number of carbonyl (C=O) groups is 1. The van der Waals surface area contributed by atoms with Crippen LogP contribution in [-0.4, -0.2) is 24.5 Å². The topological polar surface area (TPSA) is 102 Å². The molecule has 1 amide bonds. The molecule has 2 bridgehead atoms. The van der Waals surface area contributed by atoms with E-state index < -0.39 is 10.0 Å². The second-order valence-corrected chi connectivity index (χ2v) is 8.94. The Morgan fingerprint density at radius 3 is 2.64 bits per heavy atom. The van der Waals surface area contributed by atoms with E-state index in [4.69, 9.17) is 4.42 Å². The van der Waals surface area contributed by atoms with E-state index in [-0.39, 0.29) is 22.6 Å². The van der Waals surface area contributed by atoms with Gasteiger partial charge in [-0.3, -0.25) is 4.79 Å². The van der Waals surface area contributed by atoms with E-state index in [1.807, 2.05) is 0 Å². The maximum atomic E-state index is 12.6. The van der Waals surface area contributed by atoms with Crippen LogP contribution in [-0.2, 0) is 14.8 Å². The number of nitrogens with one attached hydrogen (secondary N) is 1. The van der Waals surface area contributed by atoms with Gasteiger partial charge in [0.2, 0.25) is 18.2 Å². The van der Waals surface area contributed by atoms with Crippen LogP contribution in [0.1, 0.15) is 19.3 Å². The van der Waals surface area contributed by atoms with E-state index >= 15 is 0 Å². The average molecular weight is 359 g/mol. The Kier molecular flexibility index (Phi) is 3.10. The maximum absolute atomic E-state index is 12.6. The number of amides is 1. The highest BCUT2D eigenvalue weighted by Crippen LogP contribution is 2.69. The Morgan fingerprint density at radius 1 is 1.20 bits per heavy atom. The summed E-state index contributed by atoms with van der Waals surface area (Å²) in [6.07, 6.45) is 4.78. The van der Waals surface area contributed by atoms with Crippen molar-refractivity contribution < 1.29 is 17.6 Å². The maximum Gasteiger partial charge on any atom is 0.264 e. The highest BCUT2D eigenvalue weighted by Gasteiger charge is 2.67. The minimum Gasteiger partial charge on any atom is -0.423 e. The van der Waals surface area contributed by atoms with Crippen LogP contribution < -0.4 is 4.72 Å². The zero-order valence-electron chi connectivity index (χ0n) is 13.3. The minimum atomic E-state index is -3.91. The number of sulfonamides is 1. The van der Waals surface area contributed by atoms with Crippen LogP contribution in [0.5, 0.6) is 0 Å². The van der Waals surface area contributed by atoms with Crippen LogP contribution >= 0.6 is 0 Å². The summed E-state index contributed by atoms with van der Waals surface area (Å²) >= 11 is 0. The number of rotatable bonds is 4. The van der Waals surface area contributed by atoms with Gasteiger partial charge in [0.1, 0.15) is 0 Å². The quantitative estimate of drug-likeness (QED) is 0.893. The molecule has 0 aliphatic heterocycles. The van der Waals surface area contributed by atoms with Gasteiger partial charge in [0.25, 0.3) is 10.0 Å². The van der Waals surface area contributed by atoms with Gasteiger partial charge in [0, 0.05) is 11.5 Å². The number of nitrogens with zero attached hydrogens (tertiary/aromatic N) is 2. The van der Waals surface area contributed by atoms with Crippen molar-refractivity contribution in [2.24, 2.45) is 29.6 Å². The summed E-state index contributed by atoms with van der Waals surface area (Å²) in [5.74, 6) is 1.80. The summed E-state index contributed by atoms with van der Waals surface area (Å²) in [5.41, 5.74) is 0.495. The van der Waals surface area contributed by atoms with Gasteiger partial charge in [-0.25, -0.2) is 13.1 Å². The molecular weight excluding hydrogens is 342 g/mol. The number of hydrogen-bond donors (Lipinski definition) is 1. The Hall–Kier alpha value is -2.22. The number of hydrogen-bond acceptors (Lipinski definition) is 6. The van der Waals surface area contributed by atoms with Crippen molar-refractivity contribution in [3.05, 3.63) is 30.7 Å². The van der Waals surface area contributed by atoms with Crippen LogP contribution in [0.25, 0.3) is 11.5 Å². The Morgan fingerprint density at radius 2 is 1.96 bits per heavy atom. The van der Waals surface area contributed by atoms with Gasteiger partial charge in [-0.15, -0.1) is 10.2 Å². The second-order valence-electron chi connectivity index (χ2n) is 7.26. The molecule has 7 nitrogen and oxygen atoms in total. The van der Waals surface area contributed by atoms with Crippen molar-refractivity contribution in [2.45, 2.75) is 24.2 Å². The molecule has 1 aromatic heterocycles. The summed E-state index contributed by atoms with van der Waals surface area (Å²) in [5, 5.41) is 7.36. The summed E-state index contributed by atoms with van der Waals surface area (Å²) < 4.78 is 32.6. The summed E-state index contributed by atoms with van der Waals surface area (Å²) in [6.45, 7) is 0. The molecule has 4 atom stereocenters. The fourth-order valence-electron chi connectivity index (χ4n) is 5.03. The number of fused-ring (bicyclic) bond motifs is 5. The molecule has 0 spiro atoms. The molecule has 3 aliphatic rings. The first-order chi connectivity index (χ1) is 12.0. The van der Waals surface area contributed by atoms with Gasteiger partial charge in [-0.05, 0) is 61.1 Å². The van der Waals surface area contributed by atoms with Crippen molar-refractivity contribution >= 4 is 15.9 Å². The van der Waals surface area contributed by atoms with Gasteiger partial charge >= 0.3 is 0 Å². The zero-order valence-corrected chi connectivity index (χ0v) is 14.1. The van der Waals surface area contributed by atoms with E-state index in [1.165, 1.54) is 37.8 Å². The molecule has 3 aliphatic carbocycles. The van der Waals surface area contributed by atoms with Crippen molar-refractivity contribution in [1.29, 1.82) is 0 Å². The lowest BCUT2D eigenvalue weighted by Crippen LogP contribution is -2.33. The number of carbonyl (C=O) groups excluding carboxylic acids is 1. The van der Waals surface area contributed by atoms with E-state index in [2.05, 4.69) is 14.9 Å². The van der Waals surface area contributed by atoms with Gasteiger partial charge in [-0.2, -0.15) is 0 Å². The summed E-state index contributed by atoms with van der Waals surface area (Å²) in [6, 6.07) is 6.15. The van der Waals surface area contributed by atoms with E-state index in [1.54, 1.807) is 12.1 Å². The number of benzene rings is 1. The largest absolute Gasteiger partial charge is 0.423 e. The fraction of sp³-hybridized carbons (Fsp3) is 0.471. The molecule has 2 aromatic rings. The Labute approximate surface area is 144 Å². The monoisotopic (exact) mass is 359 g/mol. The first-order valence-corrected chi connectivity index (χ1v) is 9.96. The number of aromatic nitrogens is 2. The van der Waals surface area contributed by atoms with Crippen molar-refractivity contribution in [3.63, 3.8) is 0 Å². The van der Waals surface area contributed by atoms with Gasteiger partial charge < -0.3 is 4.42 Å². The molecule has 1 N–H and O–H groups in total. The van der Waals surface area contributed by atoms with E-state index in [0.717, 1.165) is 0 Å². The Bertz CT molecular complexity index is 925. The molecule has 0 radical (unpaired) electrons. The minimum absolute atomic E-state index is 0.0188. The third-order valence-electron chi connectivity index (χ3n) is 6.02. The average Bonchev–Trinajstić information content (AvgIpc) is 3.01. The Balaban J connectivity index is 1.36. The van der Waals surface area contributed by atoms with Crippen molar-refractivity contribution in [1.82, 2.24) is 14.9 Å². The first kappa shape index (κ1) is 15.1. The molecule has 5 rings (SSSR count). The highest BCUT2D eigenvalue weighted by atomic mass is 32.2. The molecule has 130 valence electrons. The second kappa shape index (κ2) is 5.14. The van der Waals surface area contributed by atoms with Gasteiger partial charge in [0.15, 0.2) is 0 Å². The van der Waals surface area contributed by atoms with Crippen molar-refractivity contribution in [2.75, 3.05) is 0 Å². The lowest BCUT2D eigenvalue weighted by molar-refractivity contribution is -0.121. The van der Waals surface area contributed by atoms with Gasteiger partial charge in [0.05, 0.1) is 4.90 Å². The zero-order chi connectivity index (χ0) is 17.2. The standard InChI is InChI=1S/C17H17N3O4S/c21-16(15-13-9-4-5-10(6-9)14(13)15)20-25(22,23)12-3-1-2-11(7-12)17-19-18-8-24-17/h1-3,7-10,13-15H,4-6H2,(H,20,21)/t9-,10-,13+,14+/m0/s1. The van der Waals surface area contributed by atoms with Crippen LogP contribution in [0.15, 0.2) is 40.0 Å². The lowest BCUT2D eigenvalue weighted by Gasteiger charge is -2.10. The summed E-state index contributed by atoms with van der Waals surface area (Å²) in [4.78, 5) is 12.5. The summed E-state index contributed by atoms with van der Waals surface area (Å²) in [7, 11) is -3.91. The molecule has 3 saturated carbocycles.